The Morgan fingerprint density at radius 3 is 2.42 bits per heavy atom. The van der Waals surface area contributed by atoms with E-state index in [1.807, 2.05) is 6.08 Å². The number of aliphatic carboxylic acids is 1. The van der Waals surface area contributed by atoms with Gasteiger partial charge >= 0.3 is 0 Å². The summed E-state index contributed by atoms with van der Waals surface area (Å²) in [7, 11) is 3.25. The minimum Gasteiger partial charge on any atom is -0.549 e. The summed E-state index contributed by atoms with van der Waals surface area (Å²) >= 11 is 0. The standard InChI is InChI=1S/C40H69N3O10/c1-22-10-13-40(28(7-8-29(40)39(48)49)24-11-14-42-36(41)19-24)35(43-22)21-52-34-18-25(17-33(51-3)37(34)47)38-27(12-15-44)31(46)20-26(53-38)6-4-23-5-9-30(45)32(16-23)50-2/h7-8,22-38,42-47H,4-6,9-21,41H2,1-3H3,(H,48,49)/p+1. The van der Waals surface area contributed by atoms with Crippen LogP contribution in [0.15, 0.2) is 12.2 Å². The molecule has 0 aromatic heterocycles. The second-order valence-electron chi connectivity index (χ2n) is 17.8. The smallest absolute Gasteiger partial charge is 0.137 e. The van der Waals surface area contributed by atoms with Crippen molar-refractivity contribution in [2.24, 2.45) is 46.7 Å². The highest BCUT2D eigenvalue weighted by Gasteiger charge is 2.59. The molecule has 0 aromatic rings. The number of ether oxygens (including phenoxy) is 4. The first-order chi connectivity index (χ1) is 25.5. The largest absolute Gasteiger partial charge is 0.549 e. The van der Waals surface area contributed by atoms with E-state index < -0.39 is 47.8 Å². The van der Waals surface area contributed by atoms with Crippen molar-refractivity contribution in [3.05, 3.63) is 12.2 Å². The molecule has 3 aliphatic heterocycles. The molecular formula is C40H70N3O10+. The fourth-order valence-corrected chi connectivity index (χ4v) is 11.9. The van der Waals surface area contributed by atoms with Crippen LogP contribution in [0.4, 0.5) is 0 Å². The lowest BCUT2D eigenvalue weighted by Gasteiger charge is -2.52. The second-order valence-corrected chi connectivity index (χ2v) is 17.8. The highest BCUT2D eigenvalue weighted by molar-refractivity contribution is 5.72. The fraction of sp³-hybridized carbons (Fsp3) is 0.925. The number of aliphatic hydroxyl groups is 4. The van der Waals surface area contributed by atoms with Crippen molar-refractivity contribution in [3.63, 3.8) is 0 Å². The van der Waals surface area contributed by atoms with Crippen molar-refractivity contribution in [1.82, 2.24) is 0 Å². The number of rotatable bonds is 13. The average molecular weight is 753 g/mol. The van der Waals surface area contributed by atoms with Crippen LogP contribution in [0.25, 0.3) is 0 Å². The van der Waals surface area contributed by atoms with E-state index >= 15 is 0 Å². The lowest BCUT2D eigenvalue weighted by molar-refractivity contribution is -0.746. The summed E-state index contributed by atoms with van der Waals surface area (Å²) in [6.07, 6.45) is 9.91. The number of aliphatic hydroxyl groups excluding tert-OH is 4. The lowest BCUT2D eigenvalue weighted by Crippen LogP contribution is -3.01. The fourth-order valence-electron chi connectivity index (χ4n) is 11.9. The van der Waals surface area contributed by atoms with Crippen LogP contribution < -0.4 is 21.5 Å². The van der Waals surface area contributed by atoms with Gasteiger partial charge in [0, 0.05) is 56.9 Å². The van der Waals surface area contributed by atoms with Gasteiger partial charge in [-0.2, -0.15) is 0 Å². The van der Waals surface area contributed by atoms with E-state index in [1.165, 1.54) is 0 Å². The average Bonchev–Trinajstić information content (AvgIpc) is 3.53. The number of quaternary nitrogens is 2. The van der Waals surface area contributed by atoms with Gasteiger partial charge in [-0.05, 0) is 101 Å². The normalized spacial score (nSPS) is 47.9. The van der Waals surface area contributed by atoms with Gasteiger partial charge in [0.05, 0.1) is 61.9 Å². The van der Waals surface area contributed by atoms with Gasteiger partial charge in [0.1, 0.15) is 18.3 Å². The molecule has 0 bridgehead atoms. The number of allylic oxidation sites excluding steroid dienone is 1. The Bertz CT molecular complexity index is 1210. The third-order valence-electron chi connectivity index (χ3n) is 14.7. The summed E-state index contributed by atoms with van der Waals surface area (Å²) in [6, 6.07) is 0.130. The zero-order valence-corrected chi connectivity index (χ0v) is 32.3. The highest BCUT2D eigenvalue weighted by Crippen LogP contribution is 2.54. The van der Waals surface area contributed by atoms with E-state index in [4.69, 9.17) is 24.7 Å². The van der Waals surface area contributed by atoms with Crippen LogP contribution in [-0.4, -0.2) is 127 Å². The molecule has 10 N–H and O–H groups in total. The quantitative estimate of drug-likeness (QED) is 0.108. The Labute approximate surface area is 315 Å². The van der Waals surface area contributed by atoms with Gasteiger partial charge in [0.15, 0.2) is 0 Å². The zero-order chi connectivity index (χ0) is 37.9. The predicted octanol–water partition coefficient (Wildman–Crippen LogP) is -1.46. The van der Waals surface area contributed by atoms with Gasteiger partial charge in [0.25, 0.3) is 0 Å². The summed E-state index contributed by atoms with van der Waals surface area (Å²) in [4.78, 5) is 12.8. The Morgan fingerprint density at radius 1 is 0.925 bits per heavy atom. The predicted molar refractivity (Wildman–Crippen MR) is 193 cm³/mol. The number of nitrogens with two attached hydrogens (primary N) is 3. The molecule has 0 amide bonds. The van der Waals surface area contributed by atoms with E-state index in [1.54, 1.807) is 14.2 Å². The van der Waals surface area contributed by atoms with Gasteiger partial charge in [0.2, 0.25) is 0 Å². The minimum absolute atomic E-state index is 0.00164. The van der Waals surface area contributed by atoms with Crippen LogP contribution in [0.1, 0.15) is 90.4 Å². The lowest BCUT2D eigenvalue weighted by atomic mass is 9.57. The first kappa shape index (κ1) is 41.4. The number of hydrogen-bond donors (Lipinski definition) is 7. The van der Waals surface area contributed by atoms with Gasteiger partial charge < -0.3 is 59.9 Å². The SMILES string of the molecule is COC1CC(CCC2CC(O)C(CCO)C(C3CC(OC)C(O)C(OCC4[NH2+]C(C)CCC45C(C(=O)[O-])C=CC5C4CC[NH2+]C(N)C4)C3)O2)CCC1O. The van der Waals surface area contributed by atoms with E-state index in [0.29, 0.717) is 37.6 Å². The summed E-state index contributed by atoms with van der Waals surface area (Å²) in [5.41, 5.74) is 5.83. The number of carboxylic acid groups (broad SMARTS) is 1. The third-order valence-corrected chi connectivity index (χ3v) is 14.7. The van der Waals surface area contributed by atoms with Crippen LogP contribution in [-0.2, 0) is 23.7 Å². The van der Waals surface area contributed by atoms with Crippen LogP contribution in [0.5, 0.6) is 0 Å². The number of carbonyl (C=O) groups is 1. The summed E-state index contributed by atoms with van der Waals surface area (Å²) in [6.45, 7) is 3.32. The number of carbonyl (C=O) groups excluding carboxylic acids is 1. The maximum atomic E-state index is 12.8. The molecule has 0 radical (unpaired) electrons. The van der Waals surface area contributed by atoms with Crippen LogP contribution in [0.2, 0.25) is 0 Å². The molecule has 18 unspecified atom stereocenters. The second kappa shape index (κ2) is 18.4. The number of methoxy groups -OCH3 is 2. The van der Waals surface area contributed by atoms with E-state index in [-0.39, 0.29) is 67.4 Å². The Kier molecular flexibility index (Phi) is 14.3. The molecule has 3 heterocycles. The molecule has 2 saturated carbocycles. The Balaban J connectivity index is 1.18. The number of hydrogen-bond acceptors (Lipinski definition) is 11. The van der Waals surface area contributed by atoms with Crippen molar-refractivity contribution in [1.29, 1.82) is 0 Å². The third kappa shape index (κ3) is 9.01. The molecule has 1 spiro atoms. The van der Waals surface area contributed by atoms with Crippen LogP contribution in [0, 0.1) is 40.9 Å². The number of carboxylic acids is 1. The minimum atomic E-state index is -1.04. The highest BCUT2D eigenvalue weighted by atomic mass is 16.5. The van der Waals surface area contributed by atoms with E-state index in [0.717, 1.165) is 64.3 Å². The van der Waals surface area contributed by atoms with E-state index in [2.05, 4.69) is 23.6 Å². The molecule has 6 rings (SSSR count). The Hall–Kier alpha value is -1.23. The topological polar surface area (TPSA) is 217 Å². The maximum Gasteiger partial charge on any atom is 0.137 e. The van der Waals surface area contributed by atoms with Gasteiger partial charge in [-0.1, -0.05) is 12.2 Å². The van der Waals surface area contributed by atoms with Crippen molar-refractivity contribution in [2.45, 2.75) is 157 Å². The summed E-state index contributed by atoms with van der Waals surface area (Å²) in [5, 5.41) is 60.7. The van der Waals surface area contributed by atoms with Crippen molar-refractivity contribution in [2.75, 3.05) is 34.0 Å². The van der Waals surface area contributed by atoms with Crippen molar-refractivity contribution in [3.8, 4) is 0 Å². The molecule has 304 valence electrons. The maximum absolute atomic E-state index is 12.8. The molecule has 0 aromatic carbocycles. The monoisotopic (exact) mass is 753 g/mol. The molecule has 3 saturated heterocycles. The first-order valence-electron chi connectivity index (χ1n) is 20.8. The Morgan fingerprint density at radius 2 is 1.70 bits per heavy atom. The molecule has 5 fully saturated rings. The molecule has 18 atom stereocenters. The molecule has 6 aliphatic rings. The van der Waals surface area contributed by atoms with Gasteiger partial charge in [-0.3, -0.25) is 5.73 Å². The summed E-state index contributed by atoms with van der Waals surface area (Å²) < 4.78 is 25.1. The van der Waals surface area contributed by atoms with Crippen LogP contribution >= 0.6 is 0 Å². The molecular weight excluding hydrogens is 682 g/mol. The molecule has 53 heavy (non-hydrogen) atoms. The zero-order valence-electron chi connectivity index (χ0n) is 32.3. The van der Waals surface area contributed by atoms with E-state index in [9.17, 15) is 30.3 Å². The molecule has 13 nitrogen and oxygen atoms in total. The van der Waals surface area contributed by atoms with Gasteiger partial charge in [-0.25, -0.2) is 0 Å². The first-order valence-corrected chi connectivity index (χ1v) is 20.8. The number of piperidine rings is 2. The van der Waals surface area contributed by atoms with Gasteiger partial charge in [-0.15, -0.1) is 0 Å². The van der Waals surface area contributed by atoms with Crippen LogP contribution in [0.3, 0.4) is 0 Å². The molecule has 13 heteroatoms. The molecule has 3 aliphatic carbocycles. The van der Waals surface area contributed by atoms with Crippen molar-refractivity contribution < 1.29 is 59.9 Å². The summed E-state index contributed by atoms with van der Waals surface area (Å²) in [5.74, 6) is -1.38. The van der Waals surface area contributed by atoms with Crippen molar-refractivity contribution >= 4 is 5.97 Å².